The third-order valence-corrected chi connectivity index (χ3v) is 4.23. The average molecular weight is 442 g/mol. The standard InChI is InChI=1S/C16H13Cl2N5O6/c1-2-10(24)7-5-11(21-22-14(7)25)28-12-8(17)3-6(4-9(12)18)19-15(26)13-20-16(27)29-23-13/h3-5,10,24H,2H2,1H3,(H,19,26)(H,22,25)(H,20,23,27). The van der Waals surface area contributed by atoms with E-state index < -0.39 is 23.3 Å². The molecule has 0 saturated heterocycles. The van der Waals surface area contributed by atoms with Crippen LogP contribution >= 0.6 is 23.2 Å². The molecule has 1 amide bonds. The molecule has 0 aliphatic rings. The van der Waals surface area contributed by atoms with Gasteiger partial charge in [-0.3, -0.25) is 19.1 Å². The predicted molar refractivity (Wildman–Crippen MR) is 102 cm³/mol. The number of nitrogens with one attached hydrogen (secondary N) is 3. The third kappa shape index (κ3) is 4.65. The summed E-state index contributed by atoms with van der Waals surface area (Å²) in [6, 6.07) is 3.95. The number of rotatable bonds is 6. The first-order chi connectivity index (χ1) is 13.8. The van der Waals surface area contributed by atoms with Crippen LogP contribution in [0.3, 0.4) is 0 Å². The second-order valence-electron chi connectivity index (χ2n) is 5.68. The molecule has 1 unspecified atom stereocenters. The van der Waals surface area contributed by atoms with E-state index in [-0.39, 0.29) is 38.8 Å². The van der Waals surface area contributed by atoms with Gasteiger partial charge in [0.15, 0.2) is 5.75 Å². The van der Waals surface area contributed by atoms with Gasteiger partial charge in [0.1, 0.15) is 0 Å². The number of aliphatic hydroxyl groups is 1. The highest BCUT2D eigenvalue weighted by atomic mass is 35.5. The lowest BCUT2D eigenvalue weighted by atomic mass is 10.1. The fourth-order valence-corrected chi connectivity index (χ4v) is 2.84. The zero-order chi connectivity index (χ0) is 21.1. The first kappa shape index (κ1) is 20.6. The Bertz CT molecular complexity index is 1150. The van der Waals surface area contributed by atoms with Crippen molar-refractivity contribution >= 4 is 34.8 Å². The highest BCUT2D eigenvalue weighted by Gasteiger charge is 2.17. The van der Waals surface area contributed by atoms with Crippen molar-refractivity contribution in [2.75, 3.05) is 5.32 Å². The van der Waals surface area contributed by atoms with Gasteiger partial charge in [-0.1, -0.05) is 30.1 Å². The predicted octanol–water partition coefficient (Wildman–Crippen LogP) is 2.24. The van der Waals surface area contributed by atoms with E-state index in [1.807, 2.05) is 0 Å². The second kappa shape index (κ2) is 8.47. The number of H-pyrrole nitrogens is 2. The Balaban J connectivity index is 1.84. The molecule has 0 aliphatic carbocycles. The number of ether oxygens (including phenoxy) is 1. The Morgan fingerprint density at radius 3 is 2.59 bits per heavy atom. The molecule has 1 atom stereocenters. The normalized spacial score (nSPS) is 11.9. The topological polar surface area (TPSA) is 163 Å². The van der Waals surface area contributed by atoms with Crippen LogP contribution in [0.1, 0.15) is 35.6 Å². The van der Waals surface area contributed by atoms with Gasteiger partial charge in [0.2, 0.25) is 11.7 Å². The molecule has 3 aromatic rings. The molecule has 4 N–H and O–H groups in total. The number of hydrogen-bond acceptors (Lipinski definition) is 8. The Labute approximate surface area is 171 Å². The Hall–Kier alpha value is -3.15. The summed E-state index contributed by atoms with van der Waals surface area (Å²) in [5.41, 5.74) is -0.277. The summed E-state index contributed by atoms with van der Waals surface area (Å²) in [5.74, 6) is -2.00. The molecule has 1 aromatic carbocycles. The minimum Gasteiger partial charge on any atom is -0.434 e. The molecule has 0 aliphatic heterocycles. The van der Waals surface area contributed by atoms with Gasteiger partial charge in [-0.15, -0.1) is 5.10 Å². The van der Waals surface area contributed by atoms with Gasteiger partial charge in [-0.25, -0.2) is 9.89 Å². The van der Waals surface area contributed by atoms with Gasteiger partial charge in [0.05, 0.1) is 21.7 Å². The lowest BCUT2D eigenvalue weighted by molar-refractivity contribution is 0.101. The van der Waals surface area contributed by atoms with Crippen molar-refractivity contribution in [1.82, 2.24) is 20.3 Å². The molecule has 3 rings (SSSR count). The second-order valence-corrected chi connectivity index (χ2v) is 6.50. The Morgan fingerprint density at radius 2 is 2.00 bits per heavy atom. The molecule has 29 heavy (non-hydrogen) atoms. The first-order valence-corrected chi connectivity index (χ1v) is 8.86. The van der Waals surface area contributed by atoms with Gasteiger partial charge in [-0.05, 0) is 23.7 Å². The molecular formula is C16H13Cl2N5O6. The molecule has 0 bridgehead atoms. The SMILES string of the molecule is CCC(O)c1cc(Oc2c(Cl)cc(NC(=O)c3noc(=O)[nH]3)cc2Cl)n[nH]c1=O. The van der Waals surface area contributed by atoms with Crippen LogP contribution in [-0.4, -0.2) is 31.4 Å². The van der Waals surface area contributed by atoms with Crippen LogP contribution < -0.4 is 21.4 Å². The number of carbonyl (C=O) groups is 1. The van der Waals surface area contributed by atoms with E-state index in [1.165, 1.54) is 18.2 Å². The quantitative estimate of drug-likeness (QED) is 0.452. The number of anilines is 1. The number of halogens is 2. The van der Waals surface area contributed by atoms with Gasteiger partial charge < -0.3 is 15.2 Å². The van der Waals surface area contributed by atoms with Crippen LogP contribution in [0.15, 0.2) is 32.3 Å². The van der Waals surface area contributed by atoms with Gasteiger partial charge in [0.25, 0.3) is 11.5 Å². The minimum absolute atomic E-state index is 0.0117. The van der Waals surface area contributed by atoms with E-state index in [0.717, 1.165) is 0 Å². The van der Waals surface area contributed by atoms with Crippen molar-refractivity contribution in [3.8, 4) is 11.6 Å². The molecule has 152 valence electrons. The summed E-state index contributed by atoms with van der Waals surface area (Å²) in [6.07, 6.45) is -0.672. The lowest BCUT2D eigenvalue weighted by Gasteiger charge is -2.12. The maximum absolute atomic E-state index is 12.0. The number of nitrogens with zero attached hydrogens (tertiary/aromatic N) is 2. The summed E-state index contributed by atoms with van der Waals surface area (Å²) in [7, 11) is 0. The van der Waals surface area contributed by atoms with Crippen molar-refractivity contribution in [1.29, 1.82) is 0 Å². The van der Waals surface area contributed by atoms with Crippen molar-refractivity contribution in [2.24, 2.45) is 0 Å². The van der Waals surface area contributed by atoms with E-state index in [1.54, 1.807) is 6.92 Å². The van der Waals surface area contributed by atoms with Crippen molar-refractivity contribution in [3.63, 3.8) is 0 Å². The van der Waals surface area contributed by atoms with Crippen molar-refractivity contribution < 1.29 is 19.2 Å². The molecule has 0 fully saturated rings. The van der Waals surface area contributed by atoms with Crippen LogP contribution in [0, 0.1) is 0 Å². The van der Waals surface area contributed by atoms with Gasteiger partial charge in [0, 0.05) is 11.8 Å². The molecule has 2 heterocycles. The number of amides is 1. The summed E-state index contributed by atoms with van der Waals surface area (Å²) >= 11 is 12.4. The monoisotopic (exact) mass is 441 g/mol. The number of aromatic amines is 2. The van der Waals surface area contributed by atoms with Crippen molar-refractivity contribution in [2.45, 2.75) is 19.4 Å². The third-order valence-electron chi connectivity index (χ3n) is 3.67. The molecule has 0 saturated carbocycles. The maximum Gasteiger partial charge on any atom is 0.439 e. The largest absolute Gasteiger partial charge is 0.439 e. The number of carbonyl (C=O) groups excluding carboxylic acids is 1. The van der Waals surface area contributed by atoms with Crippen LogP contribution in [0.2, 0.25) is 10.0 Å². The highest BCUT2D eigenvalue weighted by Crippen LogP contribution is 2.38. The van der Waals surface area contributed by atoms with Gasteiger partial charge >= 0.3 is 5.76 Å². The Morgan fingerprint density at radius 1 is 1.31 bits per heavy atom. The molecule has 0 spiro atoms. The van der Waals surface area contributed by atoms with Crippen LogP contribution in [0.25, 0.3) is 0 Å². The minimum atomic E-state index is -0.990. The van der Waals surface area contributed by atoms with E-state index in [2.05, 4.69) is 30.2 Å². The van der Waals surface area contributed by atoms with Crippen LogP contribution in [0.5, 0.6) is 11.6 Å². The number of aromatic nitrogens is 4. The first-order valence-electron chi connectivity index (χ1n) is 8.10. The molecular weight excluding hydrogens is 429 g/mol. The molecule has 0 radical (unpaired) electrons. The zero-order valence-corrected chi connectivity index (χ0v) is 16.2. The van der Waals surface area contributed by atoms with E-state index >= 15 is 0 Å². The summed E-state index contributed by atoms with van der Waals surface area (Å²) in [5, 5.41) is 21.6. The maximum atomic E-state index is 12.0. The van der Waals surface area contributed by atoms with E-state index in [0.29, 0.717) is 6.42 Å². The molecule has 2 aromatic heterocycles. The van der Waals surface area contributed by atoms with Crippen LogP contribution in [0.4, 0.5) is 5.69 Å². The zero-order valence-electron chi connectivity index (χ0n) is 14.7. The fourth-order valence-electron chi connectivity index (χ4n) is 2.27. The number of benzene rings is 1. The van der Waals surface area contributed by atoms with Crippen LogP contribution in [-0.2, 0) is 0 Å². The van der Waals surface area contributed by atoms with E-state index in [9.17, 15) is 19.5 Å². The Kier molecular flexibility index (Phi) is 6.01. The summed E-state index contributed by atoms with van der Waals surface area (Å²) < 4.78 is 9.79. The number of hydrogen-bond donors (Lipinski definition) is 4. The summed E-state index contributed by atoms with van der Waals surface area (Å²) in [4.78, 5) is 36.8. The lowest BCUT2D eigenvalue weighted by Crippen LogP contribution is -2.17. The highest BCUT2D eigenvalue weighted by molar-refractivity contribution is 6.37. The molecule has 13 heteroatoms. The average Bonchev–Trinajstić information content (AvgIpc) is 3.12. The summed E-state index contributed by atoms with van der Waals surface area (Å²) in [6.45, 7) is 1.71. The smallest absolute Gasteiger partial charge is 0.434 e. The van der Waals surface area contributed by atoms with Crippen molar-refractivity contribution in [3.05, 3.63) is 60.5 Å². The van der Waals surface area contributed by atoms with E-state index in [4.69, 9.17) is 27.9 Å². The molecule has 11 nitrogen and oxygen atoms in total. The fraction of sp³-hybridized carbons (Fsp3) is 0.188. The van der Waals surface area contributed by atoms with Gasteiger partial charge in [-0.2, -0.15) is 0 Å². The number of aliphatic hydroxyl groups excluding tert-OH is 1.